The standard InChI is InChI=1S/C23H28O2/c1-6-13-23(5)14-12-20-18(4)21(16(2)17(3)22(20)25-23)24-15-19-10-8-7-9-11-19/h6-11H,1,12-15H2,2-5H3. The van der Waals surface area contributed by atoms with Gasteiger partial charge >= 0.3 is 0 Å². The molecule has 0 radical (unpaired) electrons. The molecule has 1 atom stereocenters. The third kappa shape index (κ3) is 3.44. The molecule has 0 amide bonds. The number of hydrogen-bond acceptors (Lipinski definition) is 2. The molecule has 0 aromatic heterocycles. The van der Waals surface area contributed by atoms with Crippen LogP contribution in [-0.2, 0) is 13.0 Å². The fourth-order valence-electron chi connectivity index (χ4n) is 3.68. The summed E-state index contributed by atoms with van der Waals surface area (Å²) >= 11 is 0. The number of benzene rings is 2. The highest BCUT2D eigenvalue weighted by Crippen LogP contribution is 2.44. The Morgan fingerprint density at radius 3 is 2.52 bits per heavy atom. The lowest BCUT2D eigenvalue weighted by molar-refractivity contribution is 0.0667. The third-order valence-electron chi connectivity index (χ3n) is 5.37. The summed E-state index contributed by atoms with van der Waals surface area (Å²) < 4.78 is 12.7. The molecule has 132 valence electrons. The zero-order chi connectivity index (χ0) is 18.0. The summed E-state index contributed by atoms with van der Waals surface area (Å²) in [7, 11) is 0. The maximum Gasteiger partial charge on any atom is 0.127 e. The molecule has 25 heavy (non-hydrogen) atoms. The molecule has 0 saturated carbocycles. The van der Waals surface area contributed by atoms with Crippen LogP contribution < -0.4 is 9.47 Å². The number of rotatable bonds is 5. The van der Waals surface area contributed by atoms with Crippen LogP contribution in [0.1, 0.15) is 47.6 Å². The molecule has 0 saturated heterocycles. The summed E-state index contributed by atoms with van der Waals surface area (Å²) in [5.74, 6) is 2.06. The molecule has 0 fully saturated rings. The van der Waals surface area contributed by atoms with Crippen molar-refractivity contribution in [1.29, 1.82) is 0 Å². The van der Waals surface area contributed by atoms with E-state index in [1.165, 1.54) is 27.8 Å². The molecule has 1 aliphatic rings. The van der Waals surface area contributed by atoms with E-state index in [1.807, 2.05) is 24.3 Å². The molecule has 0 spiro atoms. The first-order valence-corrected chi connectivity index (χ1v) is 9.04. The second-order valence-corrected chi connectivity index (χ2v) is 7.33. The van der Waals surface area contributed by atoms with Gasteiger partial charge in [0.2, 0.25) is 0 Å². The zero-order valence-corrected chi connectivity index (χ0v) is 15.8. The predicted molar refractivity (Wildman–Crippen MR) is 104 cm³/mol. The van der Waals surface area contributed by atoms with Crippen molar-refractivity contribution in [3.63, 3.8) is 0 Å². The Bertz CT molecular complexity index is 777. The Balaban J connectivity index is 1.92. The monoisotopic (exact) mass is 336 g/mol. The first-order valence-electron chi connectivity index (χ1n) is 9.04. The highest BCUT2D eigenvalue weighted by Gasteiger charge is 2.33. The van der Waals surface area contributed by atoms with Crippen molar-refractivity contribution in [2.24, 2.45) is 0 Å². The van der Waals surface area contributed by atoms with E-state index in [2.05, 4.69) is 46.4 Å². The summed E-state index contributed by atoms with van der Waals surface area (Å²) in [6.07, 6.45) is 4.86. The van der Waals surface area contributed by atoms with E-state index in [0.717, 1.165) is 30.8 Å². The van der Waals surface area contributed by atoms with Gasteiger partial charge in [0.25, 0.3) is 0 Å². The summed E-state index contributed by atoms with van der Waals surface area (Å²) in [5.41, 5.74) is 5.92. The Morgan fingerprint density at radius 1 is 1.12 bits per heavy atom. The summed E-state index contributed by atoms with van der Waals surface area (Å²) in [5, 5.41) is 0. The predicted octanol–water partition coefficient (Wildman–Crippen LogP) is 5.85. The van der Waals surface area contributed by atoms with Gasteiger partial charge in [0, 0.05) is 12.0 Å². The van der Waals surface area contributed by atoms with E-state index in [9.17, 15) is 0 Å². The molecule has 2 nitrogen and oxygen atoms in total. The van der Waals surface area contributed by atoms with Crippen molar-refractivity contribution in [2.45, 2.75) is 59.2 Å². The molecule has 3 rings (SSSR count). The van der Waals surface area contributed by atoms with Crippen LogP contribution in [0.2, 0.25) is 0 Å². The van der Waals surface area contributed by atoms with E-state index in [4.69, 9.17) is 9.47 Å². The normalized spacial score (nSPS) is 19.0. The minimum Gasteiger partial charge on any atom is -0.488 e. The van der Waals surface area contributed by atoms with Gasteiger partial charge in [0.1, 0.15) is 23.7 Å². The number of ether oxygens (including phenoxy) is 2. The molecular formula is C23H28O2. The molecule has 2 aromatic rings. The van der Waals surface area contributed by atoms with Crippen molar-refractivity contribution in [1.82, 2.24) is 0 Å². The summed E-state index contributed by atoms with van der Waals surface area (Å²) in [6.45, 7) is 13.1. The third-order valence-corrected chi connectivity index (χ3v) is 5.37. The maximum atomic E-state index is 6.44. The van der Waals surface area contributed by atoms with Gasteiger partial charge in [-0.05, 0) is 62.8 Å². The van der Waals surface area contributed by atoms with Crippen molar-refractivity contribution >= 4 is 0 Å². The van der Waals surface area contributed by atoms with E-state index in [0.29, 0.717) is 6.61 Å². The average molecular weight is 336 g/mol. The lowest BCUT2D eigenvalue weighted by atomic mass is 9.85. The van der Waals surface area contributed by atoms with Crippen LogP contribution in [0.3, 0.4) is 0 Å². The van der Waals surface area contributed by atoms with Crippen molar-refractivity contribution < 1.29 is 9.47 Å². The largest absolute Gasteiger partial charge is 0.488 e. The Morgan fingerprint density at radius 2 is 1.84 bits per heavy atom. The van der Waals surface area contributed by atoms with Gasteiger partial charge in [-0.25, -0.2) is 0 Å². The lowest BCUT2D eigenvalue weighted by Crippen LogP contribution is -2.36. The van der Waals surface area contributed by atoms with Gasteiger partial charge in [0.15, 0.2) is 0 Å². The lowest BCUT2D eigenvalue weighted by Gasteiger charge is -2.37. The second-order valence-electron chi connectivity index (χ2n) is 7.33. The summed E-state index contributed by atoms with van der Waals surface area (Å²) in [6, 6.07) is 10.3. The smallest absolute Gasteiger partial charge is 0.127 e. The van der Waals surface area contributed by atoms with E-state index >= 15 is 0 Å². The molecule has 2 aromatic carbocycles. The Labute approximate surface area is 151 Å². The number of hydrogen-bond donors (Lipinski definition) is 0. The first kappa shape index (κ1) is 17.6. The van der Waals surface area contributed by atoms with Gasteiger partial charge in [0.05, 0.1) is 0 Å². The average Bonchev–Trinajstić information content (AvgIpc) is 2.60. The number of fused-ring (bicyclic) bond motifs is 1. The highest BCUT2D eigenvalue weighted by atomic mass is 16.5. The first-order chi connectivity index (χ1) is 11.9. The van der Waals surface area contributed by atoms with Crippen molar-refractivity contribution in [3.05, 3.63) is 70.8 Å². The van der Waals surface area contributed by atoms with E-state index in [1.54, 1.807) is 0 Å². The van der Waals surface area contributed by atoms with Crippen LogP contribution in [0, 0.1) is 20.8 Å². The molecule has 0 bridgehead atoms. The quantitative estimate of drug-likeness (QED) is 0.638. The van der Waals surface area contributed by atoms with Gasteiger partial charge in [-0.15, -0.1) is 6.58 Å². The van der Waals surface area contributed by atoms with Crippen LogP contribution in [0.4, 0.5) is 0 Å². The minimum atomic E-state index is -0.148. The molecule has 1 aliphatic heterocycles. The van der Waals surface area contributed by atoms with E-state index < -0.39 is 0 Å². The highest BCUT2D eigenvalue weighted by molar-refractivity contribution is 5.59. The molecule has 1 unspecified atom stereocenters. The van der Waals surface area contributed by atoms with Crippen molar-refractivity contribution in [3.8, 4) is 11.5 Å². The Kier molecular flexibility index (Phi) is 4.89. The van der Waals surface area contributed by atoms with Crippen LogP contribution in [-0.4, -0.2) is 5.60 Å². The van der Waals surface area contributed by atoms with Gasteiger partial charge < -0.3 is 9.47 Å². The minimum absolute atomic E-state index is 0.148. The van der Waals surface area contributed by atoms with Crippen LogP contribution in [0.15, 0.2) is 43.0 Å². The fraction of sp³-hybridized carbons (Fsp3) is 0.391. The second kappa shape index (κ2) is 6.95. The van der Waals surface area contributed by atoms with Gasteiger partial charge in [-0.2, -0.15) is 0 Å². The topological polar surface area (TPSA) is 18.5 Å². The van der Waals surface area contributed by atoms with E-state index in [-0.39, 0.29) is 5.60 Å². The Hall–Kier alpha value is -2.22. The molecule has 0 aliphatic carbocycles. The van der Waals surface area contributed by atoms with Crippen molar-refractivity contribution in [2.75, 3.05) is 0 Å². The fourth-order valence-corrected chi connectivity index (χ4v) is 3.68. The SMILES string of the molecule is C=CCC1(C)CCc2c(C)c(OCc3ccccc3)c(C)c(C)c2O1. The van der Waals surface area contributed by atoms with Crippen LogP contribution >= 0.6 is 0 Å². The molecule has 0 N–H and O–H groups in total. The molecule has 1 heterocycles. The van der Waals surface area contributed by atoms with Gasteiger partial charge in [-0.3, -0.25) is 0 Å². The summed E-state index contributed by atoms with van der Waals surface area (Å²) in [4.78, 5) is 0. The van der Waals surface area contributed by atoms with Gasteiger partial charge in [-0.1, -0.05) is 36.4 Å². The zero-order valence-electron chi connectivity index (χ0n) is 15.8. The van der Waals surface area contributed by atoms with Crippen LogP contribution in [0.25, 0.3) is 0 Å². The molecule has 2 heteroatoms. The van der Waals surface area contributed by atoms with Crippen LogP contribution in [0.5, 0.6) is 11.5 Å². The maximum absolute atomic E-state index is 6.44. The molecular weight excluding hydrogens is 308 g/mol.